The summed E-state index contributed by atoms with van der Waals surface area (Å²) in [5.74, 6) is -0.360. The second-order valence-corrected chi connectivity index (χ2v) is 5.94. The summed E-state index contributed by atoms with van der Waals surface area (Å²) in [4.78, 5) is 25.4. The van der Waals surface area contributed by atoms with Crippen molar-refractivity contribution in [3.63, 3.8) is 0 Å². The molecule has 0 fully saturated rings. The molecule has 0 saturated carbocycles. The van der Waals surface area contributed by atoms with E-state index in [0.717, 1.165) is 11.1 Å². The molecule has 2 aromatic carbocycles. The van der Waals surface area contributed by atoms with Gasteiger partial charge in [-0.05, 0) is 49.2 Å². The number of phenolic OH excluding ortho intramolecular Hbond substituents is 1. The van der Waals surface area contributed by atoms with E-state index in [1.54, 1.807) is 35.2 Å². The van der Waals surface area contributed by atoms with Crippen LogP contribution in [0.4, 0.5) is 0 Å². The number of aromatic hydroxyl groups is 1. The second-order valence-electron chi connectivity index (χ2n) is 5.94. The number of hydrogen-bond donors (Lipinski definition) is 2. The van der Waals surface area contributed by atoms with Crippen molar-refractivity contribution >= 4 is 11.8 Å². The minimum atomic E-state index is -0.425. The van der Waals surface area contributed by atoms with Crippen LogP contribution in [-0.4, -0.2) is 34.4 Å². The lowest BCUT2D eigenvalue weighted by atomic mass is 10.0. The zero-order valence-electron chi connectivity index (χ0n) is 13.9. The van der Waals surface area contributed by atoms with Gasteiger partial charge in [0.15, 0.2) is 0 Å². The molecule has 0 aliphatic carbocycles. The smallest absolute Gasteiger partial charge is 0.254 e. The van der Waals surface area contributed by atoms with E-state index >= 15 is 0 Å². The molecule has 5 nitrogen and oxygen atoms in total. The first-order valence-corrected chi connectivity index (χ1v) is 7.87. The number of phenols is 1. The van der Waals surface area contributed by atoms with Crippen LogP contribution in [0, 0.1) is 0 Å². The zero-order chi connectivity index (χ0) is 17.7. The van der Waals surface area contributed by atoms with Crippen molar-refractivity contribution in [2.24, 2.45) is 5.73 Å². The number of nitrogens with two attached hydrogens (primary N) is 1. The summed E-state index contributed by atoms with van der Waals surface area (Å²) in [6.45, 7) is 4.11. The fourth-order valence-electron chi connectivity index (χ4n) is 2.48. The lowest BCUT2D eigenvalue weighted by Gasteiger charge is -2.26. The van der Waals surface area contributed by atoms with E-state index < -0.39 is 5.91 Å². The van der Waals surface area contributed by atoms with Crippen LogP contribution < -0.4 is 5.73 Å². The van der Waals surface area contributed by atoms with Gasteiger partial charge in [-0.3, -0.25) is 9.59 Å². The molecule has 0 spiro atoms. The average Bonchev–Trinajstić information content (AvgIpc) is 2.55. The Morgan fingerprint density at radius 2 is 1.75 bits per heavy atom. The summed E-state index contributed by atoms with van der Waals surface area (Å²) in [6, 6.07) is 14.1. The summed E-state index contributed by atoms with van der Waals surface area (Å²) in [7, 11) is 0. The molecule has 0 aliphatic rings. The first-order chi connectivity index (χ1) is 11.4. The second kappa shape index (κ2) is 7.64. The van der Waals surface area contributed by atoms with Crippen LogP contribution in [0.25, 0.3) is 11.1 Å². The van der Waals surface area contributed by atoms with E-state index in [9.17, 15) is 14.7 Å². The summed E-state index contributed by atoms with van der Waals surface area (Å²) in [6.07, 6.45) is 0.140. The van der Waals surface area contributed by atoms with Gasteiger partial charge in [-0.25, -0.2) is 0 Å². The first-order valence-electron chi connectivity index (χ1n) is 7.87. The molecule has 2 amide bonds. The predicted octanol–water partition coefficient (Wildman–Crippen LogP) is 2.79. The Labute approximate surface area is 141 Å². The van der Waals surface area contributed by atoms with Crippen molar-refractivity contribution < 1.29 is 14.7 Å². The topological polar surface area (TPSA) is 83.6 Å². The Hall–Kier alpha value is -2.82. The number of hydrogen-bond acceptors (Lipinski definition) is 3. The predicted molar refractivity (Wildman–Crippen MR) is 93.5 cm³/mol. The highest BCUT2D eigenvalue weighted by atomic mass is 16.3. The number of amides is 2. The third-order valence-corrected chi connectivity index (χ3v) is 3.79. The van der Waals surface area contributed by atoms with Crippen LogP contribution >= 0.6 is 0 Å². The quantitative estimate of drug-likeness (QED) is 0.856. The lowest BCUT2D eigenvalue weighted by molar-refractivity contribution is -0.118. The molecule has 0 atom stereocenters. The number of carbonyl (C=O) groups excluding carboxylic acids is 2. The van der Waals surface area contributed by atoms with E-state index in [2.05, 4.69) is 0 Å². The summed E-state index contributed by atoms with van der Waals surface area (Å²) >= 11 is 0. The molecule has 0 heterocycles. The van der Waals surface area contributed by atoms with Gasteiger partial charge >= 0.3 is 0 Å². The maximum atomic E-state index is 12.8. The summed E-state index contributed by atoms with van der Waals surface area (Å²) in [5.41, 5.74) is 7.55. The molecule has 3 N–H and O–H groups in total. The molecule has 0 radical (unpaired) electrons. The van der Waals surface area contributed by atoms with Gasteiger partial charge in [0.05, 0.1) is 0 Å². The summed E-state index contributed by atoms with van der Waals surface area (Å²) in [5, 5.41) is 9.39. The van der Waals surface area contributed by atoms with Crippen LogP contribution in [0.3, 0.4) is 0 Å². The fraction of sp³-hybridized carbons (Fsp3) is 0.263. The molecule has 126 valence electrons. The number of nitrogens with zero attached hydrogens (tertiary/aromatic N) is 1. The largest absolute Gasteiger partial charge is 0.508 e. The van der Waals surface area contributed by atoms with E-state index in [-0.39, 0.29) is 24.1 Å². The molecule has 0 unspecified atom stereocenters. The van der Waals surface area contributed by atoms with Crippen LogP contribution in [-0.2, 0) is 4.79 Å². The molecule has 0 aromatic heterocycles. The Bertz CT molecular complexity index is 724. The fourth-order valence-corrected chi connectivity index (χ4v) is 2.48. The van der Waals surface area contributed by atoms with Crippen molar-refractivity contribution in [2.75, 3.05) is 6.54 Å². The molecule has 2 aromatic rings. The molecule has 5 heteroatoms. The number of primary amides is 1. The monoisotopic (exact) mass is 326 g/mol. The van der Waals surface area contributed by atoms with Gasteiger partial charge in [-0.15, -0.1) is 0 Å². The standard InChI is InChI=1S/C19H22N2O3/c1-13(2)21(11-10-18(20)23)19(24)16-5-3-4-15(12-16)14-6-8-17(22)9-7-14/h3-9,12-13,22H,10-11H2,1-2H3,(H2,20,23). The molecule has 0 saturated heterocycles. The van der Waals surface area contributed by atoms with Crippen molar-refractivity contribution in [3.8, 4) is 16.9 Å². The Morgan fingerprint density at radius 1 is 1.08 bits per heavy atom. The van der Waals surface area contributed by atoms with Gasteiger partial charge in [0.25, 0.3) is 5.91 Å². The van der Waals surface area contributed by atoms with Gasteiger partial charge < -0.3 is 15.7 Å². The number of benzene rings is 2. The van der Waals surface area contributed by atoms with Crippen LogP contribution in [0.15, 0.2) is 48.5 Å². The van der Waals surface area contributed by atoms with Crippen LogP contribution in [0.2, 0.25) is 0 Å². The molecule has 2 rings (SSSR count). The van der Waals surface area contributed by atoms with Gasteiger partial charge in [-0.1, -0.05) is 24.3 Å². The SMILES string of the molecule is CC(C)N(CCC(N)=O)C(=O)c1cccc(-c2ccc(O)cc2)c1. The number of carbonyl (C=O) groups is 2. The molecule has 0 aliphatic heterocycles. The maximum absolute atomic E-state index is 12.8. The van der Waals surface area contributed by atoms with Crippen molar-refractivity contribution in [2.45, 2.75) is 26.3 Å². The normalized spacial score (nSPS) is 10.6. The van der Waals surface area contributed by atoms with Gasteiger partial charge in [0.2, 0.25) is 5.91 Å². The minimum absolute atomic E-state index is 0.0332. The van der Waals surface area contributed by atoms with Gasteiger partial charge in [0.1, 0.15) is 5.75 Å². The Kier molecular flexibility index (Phi) is 5.58. The van der Waals surface area contributed by atoms with Crippen LogP contribution in [0.1, 0.15) is 30.6 Å². The van der Waals surface area contributed by atoms with Crippen molar-refractivity contribution in [1.29, 1.82) is 0 Å². The lowest BCUT2D eigenvalue weighted by Crippen LogP contribution is -2.39. The van der Waals surface area contributed by atoms with Gasteiger partial charge in [-0.2, -0.15) is 0 Å². The van der Waals surface area contributed by atoms with Gasteiger partial charge in [0, 0.05) is 24.6 Å². The third-order valence-electron chi connectivity index (χ3n) is 3.79. The van der Waals surface area contributed by atoms with Crippen molar-refractivity contribution in [1.82, 2.24) is 4.90 Å². The zero-order valence-corrected chi connectivity index (χ0v) is 13.9. The molecular weight excluding hydrogens is 304 g/mol. The third kappa shape index (κ3) is 4.35. The molecule has 24 heavy (non-hydrogen) atoms. The Balaban J connectivity index is 2.26. The maximum Gasteiger partial charge on any atom is 0.254 e. The highest BCUT2D eigenvalue weighted by molar-refractivity contribution is 5.96. The molecular formula is C19H22N2O3. The summed E-state index contributed by atoms with van der Waals surface area (Å²) < 4.78 is 0. The van der Waals surface area contributed by atoms with Crippen molar-refractivity contribution in [3.05, 3.63) is 54.1 Å². The number of rotatable bonds is 6. The van der Waals surface area contributed by atoms with E-state index in [1.807, 2.05) is 32.0 Å². The highest BCUT2D eigenvalue weighted by Gasteiger charge is 2.19. The Morgan fingerprint density at radius 3 is 2.33 bits per heavy atom. The molecule has 0 bridgehead atoms. The average molecular weight is 326 g/mol. The first kappa shape index (κ1) is 17.5. The highest BCUT2D eigenvalue weighted by Crippen LogP contribution is 2.23. The van der Waals surface area contributed by atoms with Crippen LogP contribution in [0.5, 0.6) is 5.75 Å². The minimum Gasteiger partial charge on any atom is -0.508 e. The van der Waals surface area contributed by atoms with E-state index in [4.69, 9.17) is 5.73 Å². The van der Waals surface area contributed by atoms with E-state index in [1.165, 1.54) is 0 Å². The van der Waals surface area contributed by atoms with E-state index in [0.29, 0.717) is 12.1 Å².